The number of nitrogens with one attached hydrogen (secondary N) is 3. The molecule has 0 aliphatic carbocycles. The number of anilines is 2. The number of hydrogen-bond donors (Lipinski definition) is 3. The van der Waals surface area contributed by atoms with Gasteiger partial charge in [-0.05, 0) is 75.4 Å². The molecule has 0 radical (unpaired) electrons. The summed E-state index contributed by atoms with van der Waals surface area (Å²) < 4.78 is 29.9. The van der Waals surface area contributed by atoms with Gasteiger partial charge in [0.1, 0.15) is 5.75 Å². The van der Waals surface area contributed by atoms with Crippen molar-refractivity contribution < 1.29 is 23.1 Å². The molecule has 35 heavy (non-hydrogen) atoms. The average molecular weight is 502 g/mol. The van der Waals surface area contributed by atoms with Gasteiger partial charge in [-0.25, -0.2) is 0 Å². The summed E-state index contributed by atoms with van der Waals surface area (Å²) in [6.07, 6.45) is 2.96. The molecule has 5 rings (SSSR count). The van der Waals surface area contributed by atoms with E-state index in [1.807, 2.05) is 7.05 Å². The van der Waals surface area contributed by atoms with Crippen LogP contribution in [0.4, 0.5) is 20.2 Å². The van der Waals surface area contributed by atoms with E-state index in [-0.39, 0.29) is 11.7 Å². The largest absolute Gasteiger partial charge is 0.487 e. The molecule has 0 bridgehead atoms. The molecule has 11 heteroatoms. The lowest BCUT2D eigenvalue weighted by Gasteiger charge is -2.37. The molecular formula is C24H22ClF2N5O3. The molecule has 182 valence electrons. The number of carbonyl (C=O) groups excluding carboxylic acids is 2. The zero-order valence-corrected chi connectivity index (χ0v) is 19.5. The lowest BCUT2D eigenvalue weighted by Crippen LogP contribution is -2.45. The number of aromatic amines is 1. The lowest BCUT2D eigenvalue weighted by atomic mass is 9.71. The first kappa shape index (κ1) is 23.3. The van der Waals surface area contributed by atoms with Crippen LogP contribution < -0.4 is 15.4 Å². The molecule has 1 spiro atoms. The van der Waals surface area contributed by atoms with Gasteiger partial charge in [-0.1, -0.05) is 0 Å². The maximum Gasteiger partial charge on any atom is 0.487 e. The van der Waals surface area contributed by atoms with Crippen molar-refractivity contribution in [3.8, 4) is 17.0 Å². The smallest absolute Gasteiger partial charge is 0.420 e. The number of H-pyrrole nitrogens is 1. The number of fused-ring (bicyclic) bond motifs is 2. The second kappa shape index (κ2) is 8.62. The third-order valence-electron chi connectivity index (χ3n) is 6.54. The van der Waals surface area contributed by atoms with Crippen LogP contribution in [-0.2, 0) is 10.2 Å². The highest BCUT2D eigenvalue weighted by molar-refractivity contribution is 6.20. The van der Waals surface area contributed by atoms with E-state index >= 15 is 0 Å². The third-order valence-corrected chi connectivity index (χ3v) is 6.62. The van der Waals surface area contributed by atoms with Gasteiger partial charge in [-0.3, -0.25) is 14.7 Å². The fourth-order valence-electron chi connectivity index (χ4n) is 4.78. The summed E-state index contributed by atoms with van der Waals surface area (Å²) >= 11 is 4.78. The first-order chi connectivity index (χ1) is 16.6. The van der Waals surface area contributed by atoms with Crippen molar-refractivity contribution in [1.29, 1.82) is 0 Å². The lowest BCUT2D eigenvalue weighted by molar-refractivity contribution is -0.122. The molecule has 0 atom stereocenters. The number of aromatic nitrogens is 2. The van der Waals surface area contributed by atoms with Crippen molar-refractivity contribution >= 4 is 34.8 Å². The van der Waals surface area contributed by atoms with Crippen LogP contribution in [0.3, 0.4) is 0 Å². The van der Waals surface area contributed by atoms with Gasteiger partial charge in [-0.15, -0.1) is 8.78 Å². The van der Waals surface area contributed by atoms with Gasteiger partial charge in [0.25, 0.3) is 5.91 Å². The first-order valence-electron chi connectivity index (χ1n) is 11.0. The number of likely N-dealkylation sites (tertiary alicyclic amines) is 1. The van der Waals surface area contributed by atoms with Crippen molar-refractivity contribution in [2.45, 2.75) is 23.8 Å². The Morgan fingerprint density at radius 2 is 1.91 bits per heavy atom. The van der Waals surface area contributed by atoms with Crippen LogP contribution in [0.15, 0.2) is 48.7 Å². The minimum absolute atomic E-state index is 0.0643. The van der Waals surface area contributed by atoms with Crippen LogP contribution >= 0.6 is 11.6 Å². The number of piperidine rings is 1. The number of hydrogen-bond acceptors (Lipinski definition) is 5. The van der Waals surface area contributed by atoms with Gasteiger partial charge in [0.05, 0.1) is 11.1 Å². The maximum atomic E-state index is 13.2. The van der Waals surface area contributed by atoms with Crippen molar-refractivity contribution in [2.24, 2.45) is 0 Å². The van der Waals surface area contributed by atoms with Crippen LogP contribution in [0.25, 0.3) is 11.3 Å². The SMILES string of the molecule is CN1CCC2(CC1)C(=O)Nc1cc(C(=O)Nc3ccc(OC(F)(F)Cl)cc3)cc(-c3ccn[nH]3)c12. The summed E-state index contributed by atoms with van der Waals surface area (Å²) in [7, 11) is 2.03. The molecule has 3 N–H and O–H groups in total. The Morgan fingerprint density at radius 1 is 1.20 bits per heavy atom. The van der Waals surface area contributed by atoms with E-state index in [4.69, 9.17) is 11.6 Å². The monoisotopic (exact) mass is 501 g/mol. The number of benzene rings is 2. The summed E-state index contributed by atoms with van der Waals surface area (Å²) in [5.74, 6) is -0.637. The van der Waals surface area contributed by atoms with E-state index < -0.39 is 16.9 Å². The molecule has 0 saturated carbocycles. The normalized spacial score (nSPS) is 17.2. The van der Waals surface area contributed by atoms with E-state index in [0.717, 1.165) is 24.2 Å². The topological polar surface area (TPSA) is 99.3 Å². The Labute approximate surface area is 204 Å². The van der Waals surface area contributed by atoms with E-state index in [2.05, 4.69) is 30.5 Å². The number of rotatable bonds is 5. The molecular weight excluding hydrogens is 480 g/mol. The number of amides is 2. The van der Waals surface area contributed by atoms with Crippen molar-refractivity contribution in [1.82, 2.24) is 15.1 Å². The number of carbonyl (C=O) groups is 2. The van der Waals surface area contributed by atoms with Crippen LogP contribution in [0.2, 0.25) is 0 Å². The highest BCUT2D eigenvalue weighted by Crippen LogP contribution is 2.49. The van der Waals surface area contributed by atoms with Gasteiger partial charge < -0.3 is 20.3 Å². The van der Waals surface area contributed by atoms with Gasteiger partial charge in [-0.2, -0.15) is 5.10 Å². The Balaban J connectivity index is 1.48. The zero-order chi connectivity index (χ0) is 24.8. The Bertz CT molecular complexity index is 1270. The highest BCUT2D eigenvalue weighted by Gasteiger charge is 2.50. The molecule has 3 heterocycles. The Hall–Kier alpha value is -3.50. The van der Waals surface area contributed by atoms with E-state index in [9.17, 15) is 18.4 Å². The quantitative estimate of drug-likeness (QED) is 0.450. The second-order valence-corrected chi connectivity index (χ2v) is 9.22. The zero-order valence-electron chi connectivity index (χ0n) is 18.7. The van der Waals surface area contributed by atoms with E-state index in [1.54, 1.807) is 24.4 Å². The van der Waals surface area contributed by atoms with Crippen LogP contribution in [0.1, 0.15) is 28.8 Å². The molecule has 3 aromatic rings. The Kier molecular flexibility index (Phi) is 5.72. The number of halogens is 3. The first-order valence-corrected chi connectivity index (χ1v) is 11.4. The fraction of sp³-hybridized carbons (Fsp3) is 0.292. The van der Waals surface area contributed by atoms with Gasteiger partial charge in [0, 0.05) is 45.9 Å². The van der Waals surface area contributed by atoms with Crippen LogP contribution in [-0.4, -0.2) is 52.6 Å². The second-order valence-electron chi connectivity index (χ2n) is 8.78. The van der Waals surface area contributed by atoms with Gasteiger partial charge in [0.15, 0.2) is 0 Å². The average Bonchev–Trinajstić information content (AvgIpc) is 3.43. The highest BCUT2D eigenvalue weighted by atomic mass is 35.5. The maximum absolute atomic E-state index is 13.2. The van der Waals surface area contributed by atoms with Crippen LogP contribution in [0.5, 0.6) is 5.75 Å². The predicted octanol–water partition coefficient (Wildman–Crippen LogP) is 4.41. The van der Waals surface area contributed by atoms with Gasteiger partial charge in [0.2, 0.25) is 5.91 Å². The van der Waals surface area contributed by atoms with Crippen molar-refractivity contribution in [3.63, 3.8) is 0 Å². The summed E-state index contributed by atoms with van der Waals surface area (Å²) in [5, 5.41) is 12.7. The minimum atomic E-state index is -3.83. The minimum Gasteiger partial charge on any atom is -0.420 e. The summed E-state index contributed by atoms with van der Waals surface area (Å²) in [5.41, 5.74) is -0.878. The molecule has 2 amide bonds. The molecule has 1 saturated heterocycles. The molecule has 1 fully saturated rings. The Morgan fingerprint density at radius 3 is 2.54 bits per heavy atom. The predicted molar refractivity (Wildman–Crippen MR) is 127 cm³/mol. The van der Waals surface area contributed by atoms with Crippen molar-refractivity contribution in [2.75, 3.05) is 30.8 Å². The number of nitrogens with zero attached hydrogens (tertiary/aromatic N) is 2. The van der Waals surface area contributed by atoms with Gasteiger partial charge >= 0.3 is 5.57 Å². The number of alkyl halides is 3. The summed E-state index contributed by atoms with van der Waals surface area (Å²) in [6.45, 7) is 1.57. The number of ether oxygens (including phenoxy) is 1. The molecule has 8 nitrogen and oxygen atoms in total. The van der Waals surface area contributed by atoms with Crippen molar-refractivity contribution in [3.05, 3.63) is 59.8 Å². The summed E-state index contributed by atoms with van der Waals surface area (Å²) in [4.78, 5) is 28.5. The van der Waals surface area contributed by atoms with E-state index in [1.165, 1.54) is 24.3 Å². The molecule has 0 unspecified atom stereocenters. The van der Waals surface area contributed by atoms with E-state index in [0.29, 0.717) is 35.5 Å². The molecule has 2 aliphatic heterocycles. The third kappa shape index (κ3) is 4.46. The molecule has 2 aliphatic rings. The summed E-state index contributed by atoms with van der Waals surface area (Å²) in [6, 6.07) is 10.6. The fourth-order valence-corrected chi connectivity index (χ4v) is 4.87. The molecule has 2 aromatic carbocycles. The standard InChI is InChI=1S/C24H22ClF2N5O3/c1-32-10-7-23(8-11-32)20-17(18-6-9-28-31-18)12-14(13-19(20)30-22(23)34)21(33)29-15-2-4-16(5-3-15)35-24(25,26)27/h2-6,9,12-13H,7-8,10-11H2,1H3,(H,28,31)(H,29,33)(H,30,34). The van der Waals surface area contributed by atoms with Crippen LogP contribution in [0, 0.1) is 0 Å². The molecule has 1 aromatic heterocycles.